The number of fused-ring (bicyclic) bond motifs is 1. The van der Waals surface area contributed by atoms with Crippen LogP contribution in [0, 0.1) is 10.1 Å². The van der Waals surface area contributed by atoms with Crippen LogP contribution in [0.2, 0.25) is 0 Å². The highest BCUT2D eigenvalue weighted by atomic mass is 32.2. The first kappa shape index (κ1) is 22.2. The van der Waals surface area contributed by atoms with E-state index in [1.807, 2.05) is 30.3 Å². The van der Waals surface area contributed by atoms with Crippen molar-refractivity contribution in [3.63, 3.8) is 0 Å². The molecule has 0 aromatic heterocycles. The number of sulfonamides is 2. The van der Waals surface area contributed by atoms with E-state index in [0.717, 1.165) is 35.0 Å². The Morgan fingerprint density at radius 1 is 0.636 bits per heavy atom. The summed E-state index contributed by atoms with van der Waals surface area (Å²) in [6.45, 7) is 0. The van der Waals surface area contributed by atoms with Crippen molar-refractivity contribution in [2.45, 2.75) is 9.79 Å². The minimum absolute atomic E-state index is 0.0475. The molecule has 0 saturated heterocycles. The van der Waals surface area contributed by atoms with Gasteiger partial charge in [-0.3, -0.25) is 19.6 Å². The summed E-state index contributed by atoms with van der Waals surface area (Å²) in [5, 5.41) is 12.4. The monoisotopic (exact) mass is 483 g/mol. The molecular weight excluding hydrogens is 466 g/mol. The van der Waals surface area contributed by atoms with E-state index in [4.69, 9.17) is 0 Å². The number of hydrogen-bond donors (Lipinski definition) is 2. The minimum Gasteiger partial charge on any atom is -0.280 e. The van der Waals surface area contributed by atoms with Crippen LogP contribution in [0.25, 0.3) is 10.8 Å². The van der Waals surface area contributed by atoms with Gasteiger partial charge in [-0.15, -0.1) is 0 Å². The minimum atomic E-state index is -4.01. The van der Waals surface area contributed by atoms with Gasteiger partial charge in [-0.2, -0.15) is 0 Å². The molecule has 0 atom stereocenters. The molecule has 0 radical (unpaired) electrons. The third kappa shape index (κ3) is 4.78. The van der Waals surface area contributed by atoms with Crippen molar-refractivity contribution >= 4 is 47.9 Å². The number of anilines is 2. The molecule has 0 aliphatic heterocycles. The van der Waals surface area contributed by atoms with E-state index in [1.54, 1.807) is 12.1 Å². The highest BCUT2D eigenvalue weighted by molar-refractivity contribution is 7.93. The standard InChI is InChI=1S/C22H17N3O6S2/c26-25(27)18-10-14-20(15-11-18)32(28,29)23-17-8-12-19(13-9-17)33(30,31)24-22-7-3-5-16-4-1-2-6-21(16)22/h1-15,23-24H. The van der Waals surface area contributed by atoms with Gasteiger partial charge < -0.3 is 0 Å². The third-order valence-electron chi connectivity index (χ3n) is 4.81. The van der Waals surface area contributed by atoms with Crippen molar-refractivity contribution in [2.75, 3.05) is 9.44 Å². The van der Waals surface area contributed by atoms with Crippen LogP contribution in [-0.2, 0) is 20.0 Å². The molecule has 4 aromatic carbocycles. The molecule has 0 spiro atoms. The second-order valence-corrected chi connectivity index (χ2v) is 10.4. The van der Waals surface area contributed by atoms with Gasteiger partial charge in [0.1, 0.15) is 0 Å². The van der Waals surface area contributed by atoms with E-state index in [-0.39, 0.29) is 21.2 Å². The Balaban J connectivity index is 1.54. The maximum atomic E-state index is 12.8. The Labute approximate surface area is 190 Å². The number of non-ortho nitro benzene ring substituents is 1. The van der Waals surface area contributed by atoms with Crippen LogP contribution >= 0.6 is 0 Å². The maximum absolute atomic E-state index is 12.8. The highest BCUT2D eigenvalue weighted by Gasteiger charge is 2.18. The number of benzene rings is 4. The normalized spacial score (nSPS) is 11.8. The fourth-order valence-electron chi connectivity index (χ4n) is 3.18. The van der Waals surface area contributed by atoms with Gasteiger partial charge in [0.05, 0.1) is 20.4 Å². The first-order valence-electron chi connectivity index (χ1n) is 9.54. The second kappa shape index (κ2) is 8.52. The van der Waals surface area contributed by atoms with E-state index in [1.165, 1.54) is 24.3 Å². The summed E-state index contributed by atoms with van der Waals surface area (Å²) in [7, 11) is -7.94. The first-order valence-corrected chi connectivity index (χ1v) is 12.5. The SMILES string of the molecule is O=[N+]([O-])c1ccc(S(=O)(=O)Nc2ccc(S(=O)(=O)Nc3cccc4ccccc34)cc2)cc1. The molecule has 0 saturated carbocycles. The molecule has 4 rings (SSSR count). The summed E-state index contributed by atoms with van der Waals surface area (Å²) in [5.74, 6) is 0. The molecule has 9 nitrogen and oxygen atoms in total. The maximum Gasteiger partial charge on any atom is 0.269 e. The van der Waals surface area contributed by atoms with Crippen molar-refractivity contribution in [2.24, 2.45) is 0 Å². The fraction of sp³-hybridized carbons (Fsp3) is 0. The summed E-state index contributed by atoms with van der Waals surface area (Å²) in [5.41, 5.74) is 0.329. The number of rotatable bonds is 7. The van der Waals surface area contributed by atoms with E-state index < -0.39 is 25.0 Å². The van der Waals surface area contributed by atoms with Crippen LogP contribution < -0.4 is 9.44 Å². The molecule has 0 aliphatic rings. The predicted molar refractivity (Wildman–Crippen MR) is 125 cm³/mol. The smallest absolute Gasteiger partial charge is 0.269 e. The van der Waals surface area contributed by atoms with E-state index >= 15 is 0 Å². The van der Waals surface area contributed by atoms with Crippen molar-refractivity contribution in [1.29, 1.82) is 0 Å². The van der Waals surface area contributed by atoms with Crippen LogP contribution in [0.3, 0.4) is 0 Å². The average Bonchev–Trinajstić information content (AvgIpc) is 2.79. The van der Waals surface area contributed by atoms with Crippen LogP contribution in [0.1, 0.15) is 0 Å². The van der Waals surface area contributed by atoms with E-state index in [0.29, 0.717) is 5.69 Å². The van der Waals surface area contributed by atoms with Gasteiger partial charge in [-0.05, 0) is 47.9 Å². The molecule has 0 fully saturated rings. The molecule has 168 valence electrons. The third-order valence-corrected chi connectivity index (χ3v) is 7.59. The average molecular weight is 484 g/mol. The Morgan fingerprint density at radius 2 is 1.18 bits per heavy atom. The molecule has 0 aliphatic carbocycles. The zero-order chi connectivity index (χ0) is 23.6. The molecule has 0 bridgehead atoms. The zero-order valence-corrected chi connectivity index (χ0v) is 18.5. The number of nitrogens with one attached hydrogen (secondary N) is 2. The van der Waals surface area contributed by atoms with Crippen LogP contribution in [0.15, 0.2) is 101 Å². The van der Waals surface area contributed by atoms with Crippen molar-refractivity contribution in [3.8, 4) is 0 Å². The van der Waals surface area contributed by atoms with Crippen LogP contribution in [-0.4, -0.2) is 21.8 Å². The van der Waals surface area contributed by atoms with Gasteiger partial charge in [-0.25, -0.2) is 16.8 Å². The van der Waals surface area contributed by atoms with Crippen LogP contribution in [0.4, 0.5) is 17.1 Å². The molecular formula is C22H17N3O6S2. The van der Waals surface area contributed by atoms with Crippen molar-refractivity contribution < 1.29 is 21.8 Å². The highest BCUT2D eigenvalue weighted by Crippen LogP contribution is 2.26. The Morgan fingerprint density at radius 3 is 1.82 bits per heavy atom. The van der Waals surface area contributed by atoms with Gasteiger partial charge >= 0.3 is 0 Å². The Bertz CT molecular complexity index is 1550. The summed E-state index contributed by atoms with van der Waals surface area (Å²) in [6.07, 6.45) is 0. The summed E-state index contributed by atoms with van der Waals surface area (Å²) in [6, 6.07) is 22.2. The lowest BCUT2D eigenvalue weighted by molar-refractivity contribution is -0.384. The molecule has 11 heteroatoms. The van der Waals surface area contributed by atoms with Crippen molar-refractivity contribution in [3.05, 3.63) is 101 Å². The molecule has 0 amide bonds. The predicted octanol–water partition coefficient (Wildman–Crippen LogP) is 4.35. The van der Waals surface area contributed by atoms with Gasteiger partial charge in [0.15, 0.2) is 0 Å². The van der Waals surface area contributed by atoms with Gasteiger partial charge in [0.2, 0.25) is 0 Å². The quantitative estimate of drug-likeness (QED) is 0.296. The Kier molecular flexibility index (Phi) is 5.75. The van der Waals surface area contributed by atoms with Crippen LogP contribution in [0.5, 0.6) is 0 Å². The number of nitro benzene ring substituents is 1. The lowest BCUT2D eigenvalue weighted by Gasteiger charge is -2.12. The Hall–Kier alpha value is -3.96. The summed E-state index contributed by atoms with van der Waals surface area (Å²) in [4.78, 5) is 9.89. The lowest BCUT2D eigenvalue weighted by atomic mass is 10.1. The summed E-state index contributed by atoms with van der Waals surface area (Å²) >= 11 is 0. The molecule has 2 N–H and O–H groups in total. The van der Waals surface area contributed by atoms with Gasteiger partial charge in [0, 0.05) is 23.2 Å². The molecule has 33 heavy (non-hydrogen) atoms. The topological polar surface area (TPSA) is 135 Å². The zero-order valence-electron chi connectivity index (χ0n) is 16.9. The summed E-state index contributed by atoms with van der Waals surface area (Å²) < 4.78 is 55.6. The van der Waals surface area contributed by atoms with Crippen molar-refractivity contribution in [1.82, 2.24) is 0 Å². The largest absolute Gasteiger partial charge is 0.280 e. The van der Waals surface area contributed by atoms with Gasteiger partial charge in [-0.1, -0.05) is 36.4 Å². The second-order valence-electron chi connectivity index (χ2n) is 7.01. The molecule has 0 heterocycles. The number of nitro groups is 1. The lowest BCUT2D eigenvalue weighted by Crippen LogP contribution is -2.14. The van der Waals surface area contributed by atoms with E-state index in [9.17, 15) is 26.9 Å². The fourth-order valence-corrected chi connectivity index (χ4v) is 5.32. The number of nitrogens with zero attached hydrogens (tertiary/aromatic N) is 1. The molecule has 4 aromatic rings. The first-order chi connectivity index (χ1) is 15.7. The molecule has 0 unspecified atom stereocenters. The number of hydrogen-bond acceptors (Lipinski definition) is 6. The van der Waals surface area contributed by atoms with E-state index in [2.05, 4.69) is 9.44 Å². The van der Waals surface area contributed by atoms with Gasteiger partial charge in [0.25, 0.3) is 25.7 Å².